The van der Waals surface area contributed by atoms with Crippen LogP contribution in [0.3, 0.4) is 0 Å². The predicted octanol–water partition coefficient (Wildman–Crippen LogP) is 3.44. The van der Waals surface area contributed by atoms with Crippen molar-refractivity contribution in [3.8, 4) is 11.5 Å². The monoisotopic (exact) mass is 395 g/mol. The van der Waals surface area contributed by atoms with Gasteiger partial charge >= 0.3 is 0 Å². The fraction of sp³-hybridized carbons (Fsp3) is 0.227. The summed E-state index contributed by atoms with van der Waals surface area (Å²) in [6, 6.07) is 12.8. The summed E-state index contributed by atoms with van der Waals surface area (Å²) in [6.45, 7) is 5.90. The standard InChI is InChI=1S/C22H25N3O4/c1-4-14-29-22-17(6-5-7-19(22)28-3)15-23-25-21(27)13-12-20(26)24-18-10-8-16(2)9-11-18/h4-11,15H,1,12-14H2,2-3H3,(H,24,26)(H,25,27). The highest BCUT2D eigenvalue weighted by atomic mass is 16.5. The number of amides is 2. The number of anilines is 1. The molecule has 2 amide bonds. The lowest BCUT2D eigenvalue weighted by atomic mass is 10.2. The fourth-order valence-electron chi connectivity index (χ4n) is 2.41. The third kappa shape index (κ3) is 7.14. The summed E-state index contributed by atoms with van der Waals surface area (Å²) in [6.07, 6.45) is 3.16. The second kappa shape index (κ2) is 11.3. The van der Waals surface area contributed by atoms with Crippen molar-refractivity contribution in [1.29, 1.82) is 0 Å². The van der Waals surface area contributed by atoms with E-state index in [2.05, 4.69) is 22.4 Å². The molecule has 0 heterocycles. The minimum atomic E-state index is -0.364. The molecule has 0 aliphatic heterocycles. The van der Waals surface area contributed by atoms with E-state index in [0.717, 1.165) is 5.56 Å². The van der Waals surface area contributed by atoms with Crippen molar-refractivity contribution in [2.75, 3.05) is 19.0 Å². The van der Waals surface area contributed by atoms with Crippen LogP contribution in [-0.2, 0) is 9.59 Å². The highest BCUT2D eigenvalue weighted by molar-refractivity contribution is 5.93. The summed E-state index contributed by atoms with van der Waals surface area (Å²) >= 11 is 0. The molecule has 152 valence electrons. The van der Waals surface area contributed by atoms with Gasteiger partial charge in [-0.05, 0) is 31.2 Å². The fourth-order valence-corrected chi connectivity index (χ4v) is 2.41. The molecule has 7 nitrogen and oxygen atoms in total. The van der Waals surface area contributed by atoms with Crippen LogP contribution in [0.5, 0.6) is 11.5 Å². The Labute approximate surface area is 170 Å². The first-order valence-electron chi connectivity index (χ1n) is 9.12. The van der Waals surface area contributed by atoms with Gasteiger partial charge in [0, 0.05) is 24.1 Å². The van der Waals surface area contributed by atoms with Gasteiger partial charge in [-0.2, -0.15) is 5.10 Å². The van der Waals surface area contributed by atoms with Crippen LogP contribution < -0.4 is 20.2 Å². The Morgan fingerprint density at radius 1 is 1.10 bits per heavy atom. The number of ether oxygens (including phenoxy) is 2. The molecule has 2 aromatic rings. The number of benzene rings is 2. The van der Waals surface area contributed by atoms with Gasteiger partial charge in [0.15, 0.2) is 11.5 Å². The van der Waals surface area contributed by atoms with Crippen molar-refractivity contribution < 1.29 is 19.1 Å². The van der Waals surface area contributed by atoms with Gasteiger partial charge in [-0.25, -0.2) is 5.43 Å². The summed E-state index contributed by atoms with van der Waals surface area (Å²) in [7, 11) is 1.54. The maximum atomic E-state index is 11.9. The lowest BCUT2D eigenvalue weighted by molar-refractivity contribution is -0.124. The van der Waals surface area contributed by atoms with Crippen LogP contribution in [0.4, 0.5) is 5.69 Å². The van der Waals surface area contributed by atoms with Gasteiger partial charge in [0.1, 0.15) is 6.61 Å². The van der Waals surface area contributed by atoms with Gasteiger partial charge < -0.3 is 14.8 Å². The molecule has 0 atom stereocenters. The largest absolute Gasteiger partial charge is 0.493 e. The molecule has 7 heteroatoms. The molecule has 0 radical (unpaired) electrons. The first-order valence-corrected chi connectivity index (χ1v) is 9.12. The second-order valence-corrected chi connectivity index (χ2v) is 6.19. The Bertz CT molecular complexity index is 876. The van der Waals surface area contributed by atoms with E-state index >= 15 is 0 Å². The third-order valence-corrected chi connectivity index (χ3v) is 3.88. The molecule has 29 heavy (non-hydrogen) atoms. The summed E-state index contributed by atoms with van der Waals surface area (Å²) < 4.78 is 10.9. The minimum absolute atomic E-state index is 0.0208. The number of para-hydroxylation sites is 1. The normalized spacial score (nSPS) is 10.4. The van der Waals surface area contributed by atoms with E-state index in [9.17, 15) is 9.59 Å². The highest BCUT2D eigenvalue weighted by Gasteiger charge is 2.09. The number of hydrogen-bond acceptors (Lipinski definition) is 5. The van der Waals surface area contributed by atoms with E-state index < -0.39 is 0 Å². The van der Waals surface area contributed by atoms with Gasteiger partial charge in [0.2, 0.25) is 11.8 Å². The molecular formula is C22H25N3O4. The minimum Gasteiger partial charge on any atom is -0.493 e. The Morgan fingerprint density at radius 2 is 1.83 bits per heavy atom. The topological polar surface area (TPSA) is 89.0 Å². The predicted molar refractivity (Wildman–Crippen MR) is 113 cm³/mol. The number of hydrazone groups is 1. The number of hydrogen-bond donors (Lipinski definition) is 2. The van der Waals surface area contributed by atoms with Crippen LogP contribution in [0.25, 0.3) is 0 Å². The lowest BCUT2D eigenvalue weighted by Crippen LogP contribution is -2.20. The zero-order valence-corrected chi connectivity index (χ0v) is 16.6. The molecule has 0 saturated carbocycles. The Hall–Kier alpha value is -3.61. The number of carbonyl (C=O) groups excluding carboxylic acids is 2. The van der Waals surface area contributed by atoms with E-state index in [1.807, 2.05) is 31.2 Å². The number of methoxy groups -OCH3 is 1. The smallest absolute Gasteiger partial charge is 0.240 e. The number of rotatable bonds is 10. The molecule has 0 fully saturated rings. The number of carbonyl (C=O) groups is 2. The van der Waals surface area contributed by atoms with Gasteiger partial charge in [0.05, 0.1) is 13.3 Å². The maximum absolute atomic E-state index is 11.9. The Balaban J connectivity index is 1.85. The molecule has 2 rings (SSSR count). The second-order valence-electron chi connectivity index (χ2n) is 6.19. The lowest BCUT2D eigenvalue weighted by Gasteiger charge is -2.11. The average Bonchev–Trinajstić information content (AvgIpc) is 2.72. The van der Waals surface area contributed by atoms with Crippen molar-refractivity contribution in [1.82, 2.24) is 5.43 Å². The van der Waals surface area contributed by atoms with Gasteiger partial charge in [0.25, 0.3) is 0 Å². The van der Waals surface area contributed by atoms with Crippen molar-refractivity contribution in [3.63, 3.8) is 0 Å². The van der Waals surface area contributed by atoms with E-state index in [1.165, 1.54) is 6.21 Å². The first-order chi connectivity index (χ1) is 14.0. The molecule has 0 aromatic heterocycles. The van der Waals surface area contributed by atoms with Crippen molar-refractivity contribution >= 4 is 23.7 Å². The zero-order chi connectivity index (χ0) is 21.1. The zero-order valence-electron chi connectivity index (χ0n) is 16.6. The van der Waals surface area contributed by atoms with Crippen molar-refractivity contribution in [2.24, 2.45) is 5.10 Å². The molecule has 0 saturated heterocycles. The molecule has 2 N–H and O–H groups in total. The first kappa shape index (κ1) is 21.7. The van der Waals surface area contributed by atoms with E-state index in [4.69, 9.17) is 9.47 Å². The summed E-state index contributed by atoms with van der Waals surface area (Å²) in [5.74, 6) is 0.456. The Kier molecular flexibility index (Phi) is 8.44. The van der Waals surface area contributed by atoms with E-state index in [-0.39, 0.29) is 24.7 Å². The van der Waals surface area contributed by atoms with Gasteiger partial charge in [-0.1, -0.05) is 36.4 Å². The van der Waals surface area contributed by atoms with Crippen LogP contribution in [-0.4, -0.2) is 31.7 Å². The molecular weight excluding hydrogens is 370 g/mol. The van der Waals surface area contributed by atoms with Crippen LogP contribution in [0.2, 0.25) is 0 Å². The number of aryl methyl sites for hydroxylation is 1. The van der Waals surface area contributed by atoms with Crippen LogP contribution in [0.15, 0.2) is 60.2 Å². The highest BCUT2D eigenvalue weighted by Crippen LogP contribution is 2.30. The van der Waals surface area contributed by atoms with Crippen molar-refractivity contribution in [2.45, 2.75) is 19.8 Å². The maximum Gasteiger partial charge on any atom is 0.240 e. The van der Waals surface area contributed by atoms with Gasteiger partial charge in [-0.15, -0.1) is 0 Å². The van der Waals surface area contributed by atoms with E-state index in [1.54, 1.807) is 31.4 Å². The van der Waals surface area contributed by atoms with Crippen molar-refractivity contribution in [3.05, 3.63) is 66.2 Å². The SMILES string of the molecule is C=CCOc1c(C=NNC(=O)CCC(=O)Nc2ccc(C)cc2)cccc1OC. The number of nitrogens with zero attached hydrogens (tertiary/aromatic N) is 1. The molecule has 0 bridgehead atoms. The molecule has 0 unspecified atom stereocenters. The summed E-state index contributed by atoms with van der Waals surface area (Å²) in [5, 5.41) is 6.69. The summed E-state index contributed by atoms with van der Waals surface area (Å²) in [4.78, 5) is 23.9. The molecule has 0 aliphatic rings. The third-order valence-electron chi connectivity index (χ3n) is 3.88. The van der Waals surface area contributed by atoms with Gasteiger partial charge in [-0.3, -0.25) is 9.59 Å². The quantitative estimate of drug-likeness (QED) is 0.366. The number of nitrogens with one attached hydrogen (secondary N) is 2. The van der Waals surface area contributed by atoms with E-state index in [0.29, 0.717) is 29.4 Å². The van der Waals surface area contributed by atoms with Crippen LogP contribution in [0.1, 0.15) is 24.0 Å². The Morgan fingerprint density at radius 3 is 2.52 bits per heavy atom. The average molecular weight is 395 g/mol. The van der Waals surface area contributed by atoms with Crippen LogP contribution in [0, 0.1) is 6.92 Å². The molecule has 0 aliphatic carbocycles. The molecule has 2 aromatic carbocycles. The molecule has 0 spiro atoms. The summed E-state index contributed by atoms with van der Waals surface area (Å²) in [5.41, 5.74) is 4.86. The van der Waals surface area contributed by atoms with Crippen LogP contribution >= 0.6 is 0 Å².